The summed E-state index contributed by atoms with van der Waals surface area (Å²) in [6, 6.07) is 6.20. The molecule has 1 aromatic carbocycles. The first-order valence-corrected chi connectivity index (χ1v) is 6.70. The van der Waals surface area contributed by atoms with Crippen molar-refractivity contribution in [2.24, 2.45) is 0 Å². The number of fused-ring (bicyclic) bond motifs is 1. The Morgan fingerprint density at radius 1 is 1.59 bits per heavy atom. The van der Waals surface area contributed by atoms with E-state index in [1.165, 1.54) is 10.5 Å². The first-order chi connectivity index (χ1) is 8.13. The van der Waals surface area contributed by atoms with Gasteiger partial charge in [-0.1, -0.05) is 22.0 Å². The maximum absolute atomic E-state index is 11.2. The second kappa shape index (κ2) is 5.08. The Morgan fingerprint density at radius 3 is 3.00 bits per heavy atom. The first-order valence-electron chi connectivity index (χ1n) is 5.91. The van der Waals surface area contributed by atoms with Gasteiger partial charge in [-0.25, -0.2) is 4.79 Å². The standard InChI is InChI=1S/C13H16BrNO2/c1-2-15(13(16)17)12-5-3-4-9-6-7-10(14)8-11(9)12/h6-8,12H,2-5H2,1H3,(H,16,17). The average Bonchev–Trinajstić information content (AvgIpc) is 2.30. The Bertz CT molecular complexity index is 433. The van der Waals surface area contributed by atoms with Gasteiger partial charge in [0.05, 0.1) is 6.04 Å². The van der Waals surface area contributed by atoms with Crippen molar-refractivity contribution in [2.75, 3.05) is 6.54 Å². The fourth-order valence-corrected chi connectivity index (χ4v) is 2.94. The highest BCUT2D eigenvalue weighted by Gasteiger charge is 2.28. The smallest absolute Gasteiger partial charge is 0.407 e. The molecule has 0 aromatic heterocycles. The lowest BCUT2D eigenvalue weighted by molar-refractivity contribution is 0.122. The Hall–Kier alpha value is -1.03. The molecule has 2 rings (SSSR count). The Balaban J connectivity index is 2.39. The fraction of sp³-hybridized carbons (Fsp3) is 0.462. The minimum absolute atomic E-state index is 0.0127. The lowest BCUT2D eigenvalue weighted by Crippen LogP contribution is -2.35. The number of carboxylic acid groups (broad SMARTS) is 1. The molecule has 1 aromatic rings. The zero-order chi connectivity index (χ0) is 12.4. The summed E-state index contributed by atoms with van der Waals surface area (Å²) in [6.07, 6.45) is 2.20. The number of halogens is 1. The normalized spacial score (nSPS) is 18.6. The fourth-order valence-electron chi connectivity index (χ4n) is 2.56. The minimum Gasteiger partial charge on any atom is -0.465 e. The molecule has 0 spiro atoms. The highest BCUT2D eigenvalue weighted by Crippen LogP contribution is 2.35. The van der Waals surface area contributed by atoms with Crippen LogP contribution in [0.3, 0.4) is 0 Å². The molecule has 1 aliphatic rings. The molecule has 1 N–H and O–H groups in total. The van der Waals surface area contributed by atoms with E-state index in [0.29, 0.717) is 6.54 Å². The van der Waals surface area contributed by atoms with Crippen LogP contribution in [0.25, 0.3) is 0 Å². The van der Waals surface area contributed by atoms with Crippen molar-refractivity contribution in [1.29, 1.82) is 0 Å². The largest absolute Gasteiger partial charge is 0.465 e. The van der Waals surface area contributed by atoms with E-state index in [1.54, 1.807) is 0 Å². The Labute approximate surface area is 110 Å². The second-order valence-electron chi connectivity index (χ2n) is 4.32. The average molecular weight is 298 g/mol. The summed E-state index contributed by atoms with van der Waals surface area (Å²) in [5.41, 5.74) is 2.44. The topological polar surface area (TPSA) is 40.5 Å². The third-order valence-electron chi connectivity index (χ3n) is 3.35. The number of amides is 1. The molecule has 0 fully saturated rings. The van der Waals surface area contributed by atoms with Gasteiger partial charge in [0.1, 0.15) is 0 Å². The molecule has 0 heterocycles. The molecule has 1 unspecified atom stereocenters. The van der Waals surface area contributed by atoms with Crippen molar-refractivity contribution in [2.45, 2.75) is 32.2 Å². The monoisotopic (exact) mass is 297 g/mol. The van der Waals surface area contributed by atoms with Gasteiger partial charge in [-0.3, -0.25) is 0 Å². The summed E-state index contributed by atoms with van der Waals surface area (Å²) in [4.78, 5) is 12.8. The number of carbonyl (C=O) groups is 1. The lowest BCUT2D eigenvalue weighted by atomic mass is 9.87. The molecule has 0 saturated heterocycles. The van der Waals surface area contributed by atoms with Crippen molar-refractivity contribution in [3.63, 3.8) is 0 Å². The van der Waals surface area contributed by atoms with Crippen LogP contribution in [0.1, 0.15) is 36.9 Å². The molecule has 4 heteroatoms. The summed E-state index contributed by atoms with van der Waals surface area (Å²) in [6.45, 7) is 2.42. The SMILES string of the molecule is CCN(C(=O)O)C1CCCc2ccc(Br)cc21. The van der Waals surface area contributed by atoms with Crippen LogP contribution >= 0.6 is 15.9 Å². The zero-order valence-corrected chi connectivity index (χ0v) is 11.4. The molecule has 1 atom stereocenters. The summed E-state index contributed by atoms with van der Waals surface area (Å²) < 4.78 is 1.02. The lowest BCUT2D eigenvalue weighted by Gasteiger charge is -2.33. The molecule has 17 heavy (non-hydrogen) atoms. The van der Waals surface area contributed by atoms with Crippen LogP contribution in [0.4, 0.5) is 4.79 Å². The molecule has 1 amide bonds. The minimum atomic E-state index is -0.828. The summed E-state index contributed by atoms with van der Waals surface area (Å²) in [7, 11) is 0. The van der Waals surface area contributed by atoms with Gasteiger partial charge in [0.2, 0.25) is 0 Å². The molecular formula is C13H16BrNO2. The maximum atomic E-state index is 11.2. The van der Waals surface area contributed by atoms with E-state index in [0.717, 1.165) is 29.3 Å². The highest BCUT2D eigenvalue weighted by molar-refractivity contribution is 9.10. The number of hydrogen-bond donors (Lipinski definition) is 1. The molecule has 0 radical (unpaired) electrons. The number of hydrogen-bond acceptors (Lipinski definition) is 1. The van der Waals surface area contributed by atoms with Gasteiger partial charge in [0, 0.05) is 11.0 Å². The van der Waals surface area contributed by atoms with Gasteiger partial charge in [-0.15, -0.1) is 0 Å². The van der Waals surface area contributed by atoms with E-state index in [9.17, 15) is 9.90 Å². The number of rotatable bonds is 2. The van der Waals surface area contributed by atoms with Gasteiger partial charge >= 0.3 is 6.09 Å². The van der Waals surface area contributed by atoms with Crippen molar-refractivity contribution >= 4 is 22.0 Å². The van der Waals surface area contributed by atoms with Crippen molar-refractivity contribution in [3.05, 3.63) is 33.8 Å². The van der Waals surface area contributed by atoms with E-state index in [-0.39, 0.29) is 6.04 Å². The summed E-state index contributed by atoms with van der Waals surface area (Å²) >= 11 is 3.46. The van der Waals surface area contributed by atoms with Crippen molar-refractivity contribution in [3.8, 4) is 0 Å². The second-order valence-corrected chi connectivity index (χ2v) is 5.24. The first kappa shape index (κ1) is 12.4. The molecule has 0 bridgehead atoms. The molecule has 0 aliphatic heterocycles. The van der Waals surface area contributed by atoms with Crippen LogP contribution < -0.4 is 0 Å². The number of benzene rings is 1. The summed E-state index contributed by atoms with van der Waals surface area (Å²) in [5.74, 6) is 0. The predicted octanol–water partition coefficient (Wildman–Crippen LogP) is 3.83. The van der Waals surface area contributed by atoms with Crippen LogP contribution in [0.5, 0.6) is 0 Å². The van der Waals surface area contributed by atoms with E-state index < -0.39 is 6.09 Å². The van der Waals surface area contributed by atoms with Crippen molar-refractivity contribution in [1.82, 2.24) is 4.90 Å². The van der Waals surface area contributed by atoms with Crippen LogP contribution in [0.2, 0.25) is 0 Å². The van der Waals surface area contributed by atoms with E-state index in [4.69, 9.17) is 0 Å². The molecule has 0 saturated carbocycles. The Kier molecular flexibility index (Phi) is 3.72. The predicted molar refractivity (Wildman–Crippen MR) is 70.2 cm³/mol. The van der Waals surface area contributed by atoms with E-state index in [1.807, 2.05) is 13.0 Å². The van der Waals surface area contributed by atoms with E-state index in [2.05, 4.69) is 28.1 Å². The van der Waals surface area contributed by atoms with Crippen LogP contribution in [-0.4, -0.2) is 22.6 Å². The molecule has 3 nitrogen and oxygen atoms in total. The molecule has 1 aliphatic carbocycles. The highest BCUT2D eigenvalue weighted by atomic mass is 79.9. The van der Waals surface area contributed by atoms with Gasteiger partial charge in [-0.2, -0.15) is 0 Å². The quantitative estimate of drug-likeness (QED) is 0.901. The van der Waals surface area contributed by atoms with Gasteiger partial charge in [-0.05, 0) is 49.4 Å². The molecule has 92 valence electrons. The van der Waals surface area contributed by atoms with Crippen LogP contribution in [0, 0.1) is 0 Å². The van der Waals surface area contributed by atoms with Crippen molar-refractivity contribution < 1.29 is 9.90 Å². The number of nitrogens with zero attached hydrogens (tertiary/aromatic N) is 1. The van der Waals surface area contributed by atoms with Gasteiger partial charge in [0.15, 0.2) is 0 Å². The van der Waals surface area contributed by atoms with Gasteiger partial charge < -0.3 is 10.0 Å². The molecular weight excluding hydrogens is 282 g/mol. The summed E-state index contributed by atoms with van der Waals surface area (Å²) in [5, 5.41) is 9.23. The third kappa shape index (κ3) is 2.46. The zero-order valence-electron chi connectivity index (χ0n) is 9.82. The third-order valence-corrected chi connectivity index (χ3v) is 3.85. The van der Waals surface area contributed by atoms with Gasteiger partial charge in [0.25, 0.3) is 0 Å². The number of aryl methyl sites for hydroxylation is 1. The maximum Gasteiger partial charge on any atom is 0.407 e. The Morgan fingerprint density at radius 2 is 2.35 bits per heavy atom. The van der Waals surface area contributed by atoms with E-state index >= 15 is 0 Å². The van der Waals surface area contributed by atoms with Crippen LogP contribution in [-0.2, 0) is 6.42 Å². The van der Waals surface area contributed by atoms with Crippen LogP contribution in [0.15, 0.2) is 22.7 Å².